The third-order valence-electron chi connectivity index (χ3n) is 3.41. The monoisotopic (exact) mass is 314 g/mol. The van der Waals surface area contributed by atoms with E-state index < -0.39 is 6.04 Å². The number of anilines is 1. The van der Waals surface area contributed by atoms with Gasteiger partial charge in [-0.05, 0) is 12.0 Å². The smallest absolute Gasteiger partial charge is 0.247 e. The van der Waals surface area contributed by atoms with E-state index in [4.69, 9.17) is 0 Å². The molecule has 0 aliphatic carbocycles. The van der Waals surface area contributed by atoms with Crippen molar-refractivity contribution in [2.75, 3.05) is 5.32 Å². The van der Waals surface area contributed by atoms with E-state index in [0.717, 1.165) is 12.0 Å². The second-order valence-electron chi connectivity index (χ2n) is 5.46. The van der Waals surface area contributed by atoms with Crippen molar-refractivity contribution in [2.45, 2.75) is 32.2 Å². The molecule has 1 aromatic carbocycles. The molecule has 2 aromatic rings. The van der Waals surface area contributed by atoms with Crippen LogP contribution in [0.4, 0.5) is 5.69 Å². The van der Waals surface area contributed by atoms with Crippen LogP contribution in [-0.2, 0) is 23.1 Å². The van der Waals surface area contributed by atoms with Crippen LogP contribution >= 0.6 is 0 Å². The van der Waals surface area contributed by atoms with Gasteiger partial charge < -0.3 is 10.6 Å². The number of carbonyl (C=O) groups is 2. The molecule has 0 saturated heterocycles. The lowest BCUT2D eigenvalue weighted by Crippen LogP contribution is -2.44. The summed E-state index contributed by atoms with van der Waals surface area (Å²) in [5.41, 5.74) is 1.55. The first kappa shape index (κ1) is 16.7. The largest absolute Gasteiger partial charge is 0.344 e. The van der Waals surface area contributed by atoms with Crippen LogP contribution in [0, 0.1) is 0 Å². The fourth-order valence-electron chi connectivity index (χ4n) is 2.30. The summed E-state index contributed by atoms with van der Waals surface area (Å²) in [6.07, 6.45) is 4.95. The summed E-state index contributed by atoms with van der Waals surface area (Å²) < 4.78 is 1.61. The standard InChI is InChI=1S/C17H22N4O2/c1-3-7-15(17(23)19-14-11-18-21(2)12-14)20-16(22)10-13-8-5-4-6-9-13/h4-6,8-9,11-12,15H,3,7,10H2,1-2H3,(H,19,23)(H,20,22). The van der Waals surface area contributed by atoms with Crippen LogP contribution in [0.5, 0.6) is 0 Å². The zero-order chi connectivity index (χ0) is 16.7. The second kappa shape index (κ2) is 8.12. The average Bonchev–Trinajstić information content (AvgIpc) is 2.93. The van der Waals surface area contributed by atoms with Gasteiger partial charge in [0.05, 0.1) is 18.3 Å². The van der Waals surface area contributed by atoms with Crippen molar-refractivity contribution in [1.82, 2.24) is 15.1 Å². The van der Waals surface area contributed by atoms with Crippen molar-refractivity contribution in [3.63, 3.8) is 0 Å². The molecular formula is C17H22N4O2. The fourth-order valence-corrected chi connectivity index (χ4v) is 2.30. The topological polar surface area (TPSA) is 76.0 Å². The number of rotatable bonds is 7. The Bertz CT molecular complexity index is 652. The van der Waals surface area contributed by atoms with Gasteiger partial charge in [0, 0.05) is 13.2 Å². The minimum Gasteiger partial charge on any atom is -0.344 e. The number of hydrogen-bond donors (Lipinski definition) is 2. The maximum atomic E-state index is 12.3. The van der Waals surface area contributed by atoms with E-state index in [2.05, 4.69) is 15.7 Å². The average molecular weight is 314 g/mol. The number of aromatic nitrogens is 2. The molecule has 0 spiro atoms. The van der Waals surface area contributed by atoms with Crippen LogP contribution < -0.4 is 10.6 Å². The molecule has 2 amide bonds. The SMILES string of the molecule is CCCC(NC(=O)Cc1ccccc1)C(=O)Nc1cnn(C)c1. The third kappa shape index (κ3) is 5.25. The summed E-state index contributed by atoms with van der Waals surface area (Å²) in [4.78, 5) is 24.5. The second-order valence-corrected chi connectivity index (χ2v) is 5.46. The van der Waals surface area contributed by atoms with Crippen molar-refractivity contribution < 1.29 is 9.59 Å². The van der Waals surface area contributed by atoms with Gasteiger partial charge in [-0.1, -0.05) is 43.7 Å². The minimum absolute atomic E-state index is 0.156. The van der Waals surface area contributed by atoms with Crippen molar-refractivity contribution in [2.24, 2.45) is 7.05 Å². The number of hydrogen-bond acceptors (Lipinski definition) is 3. The van der Waals surface area contributed by atoms with Gasteiger partial charge in [0.2, 0.25) is 11.8 Å². The Labute approximate surface area is 135 Å². The predicted octanol–water partition coefficient (Wildman–Crippen LogP) is 1.89. The fraction of sp³-hybridized carbons (Fsp3) is 0.353. The van der Waals surface area contributed by atoms with Crippen molar-refractivity contribution in [1.29, 1.82) is 0 Å². The molecule has 6 nitrogen and oxygen atoms in total. The molecule has 0 fully saturated rings. The molecule has 6 heteroatoms. The molecule has 0 radical (unpaired) electrons. The lowest BCUT2D eigenvalue weighted by molar-refractivity contribution is -0.126. The van der Waals surface area contributed by atoms with Gasteiger partial charge in [0.15, 0.2) is 0 Å². The van der Waals surface area contributed by atoms with Crippen molar-refractivity contribution in [3.8, 4) is 0 Å². The number of benzene rings is 1. The van der Waals surface area contributed by atoms with Crippen LogP contribution in [0.2, 0.25) is 0 Å². The Morgan fingerprint density at radius 3 is 2.61 bits per heavy atom. The molecule has 1 atom stereocenters. The highest BCUT2D eigenvalue weighted by Gasteiger charge is 2.20. The summed E-state index contributed by atoms with van der Waals surface area (Å²) in [5, 5.41) is 9.60. The zero-order valence-electron chi connectivity index (χ0n) is 13.5. The molecular weight excluding hydrogens is 292 g/mol. The van der Waals surface area contributed by atoms with Crippen molar-refractivity contribution in [3.05, 3.63) is 48.3 Å². The molecule has 122 valence electrons. The highest BCUT2D eigenvalue weighted by molar-refractivity contribution is 5.97. The first-order valence-electron chi connectivity index (χ1n) is 7.71. The Morgan fingerprint density at radius 2 is 2.00 bits per heavy atom. The maximum absolute atomic E-state index is 12.3. The number of amides is 2. The summed E-state index contributed by atoms with van der Waals surface area (Å²) >= 11 is 0. The summed E-state index contributed by atoms with van der Waals surface area (Å²) in [6, 6.07) is 8.93. The van der Waals surface area contributed by atoms with Crippen LogP contribution in [0.1, 0.15) is 25.3 Å². The maximum Gasteiger partial charge on any atom is 0.247 e. The Morgan fingerprint density at radius 1 is 1.26 bits per heavy atom. The Hall–Kier alpha value is -2.63. The number of aryl methyl sites for hydroxylation is 1. The van der Waals surface area contributed by atoms with Gasteiger partial charge in [-0.25, -0.2) is 0 Å². The van der Waals surface area contributed by atoms with E-state index >= 15 is 0 Å². The molecule has 1 heterocycles. The Balaban J connectivity index is 1.94. The van der Waals surface area contributed by atoms with Gasteiger partial charge >= 0.3 is 0 Å². The molecule has 23 heavy (non-hydrogen) atoms. The van der Waals surface area contributed by atoms with E-state index in [0.29, 0.717) is 12.1 Å². The number of nitrogens with one attached hydrogen (secondary N) is 2. The first-order chi connectivity index (χ1) is 11.1. The van der Waals surface area contributed by atoms with Gasteiger partial charge in [0.1, 0.15) is 6.04 Å². The molecule has 1 unspecified atom stereocenters. The molecule has 0 aliphatic heterocycles. The summed E-state index contributed by atoms with van der Waals surface area (Å²) in [7, 11) is 1.78. The molecule has 1 aromatic heterocycles. The van der Waals surface area contributed by atoms with E-state index in [1.54, 1.807) is 24.1 Å². The van der Waals surface area contributed by atoms with Gasteiger partial charge in [-0.15, -0.1) is 0 Å². The lowest BCUT2D eigenvalue weighted by atomic mass is 10.1. The molecule has 2 rings (SSSR count). The van der Waals surface area contributed by atoms with E-state index in [9.17, 15) is 9.59 Å². The molecule has 2 N–H and O–H groups in total. The lowest BCUT2D eigenvalue weighted by Gasteiger charge is -2.17. The number of nitrogens with zero attached hydrogens (tertiary/aromatic N) is 2. The zero-order valence-corrected chi connectivity index (χ0v) is 13.5. The van der Waals surface area contributed by atoms with E-state index in [1.165, 1.54) is 0 Å². The van der Waals surface area contributed by atoms with Crippen molar-refractivity contribution >= 4 is 17.5 Å². The molecule has 0 aliphatic rings. The Kier molecular flexibility index (Phi) is 5.91. The first-order valence-corrected chi connectivity index (χ1v) is 7.71. The van der Waals surface area contributed by atoms with Crippen LogP contribution in [-0.4, -0.2) is 27.6 Å². The van der Waals surface area contributed by atoms with Crippen LogP contribution in [0.25, 0.3) is 0 Å². The van der Waals surface area contributed by atoms with Gasteiger partial charge in [-0.2, -0.15) is 5.10 Å². The highest BCUT2D eigenvalue weighted by atomic mass is 16.2. The quantitative estimate of drug-likeness (QED) is 0.819. The predicted molar refractivity (Wildman–Crippen MR) is 88.8 cm³/mol. The molecule has 0 saturated carbocycles. The highest BCUT2D eigenvalue weighted by Crippen LogP contribution is 2.07. The number of carbonyl (C=O) groups excluding carboxylic acids is 2. The summed E-state index contributed by atoms with van der Waals surface area (Å²) in [5.74, 6) is -0.378. The van der Waals surface area contributed by atoms with Crippen LogP contribution in [0.15, 0.2) is 42.7 Å². The van der Waals surface area contributed by atoms with Gasteiger partial charge in [0.25, 0.3) is 0 Å². The summed E-state index contributed by atoms with van der Waals surface area (Å²) in [6.45, 7) is 1.98. The van der Waals surface area contributed by atoms with Gasteiger partial charge in [-0.3, -0.25) is 14.3 Å². The van der Waals surface area contributed by atoms with E-state index in [-0.39, 0.29) is 18.2 Å². The van der Waals surface area contributed by atoms with E-state index in [1.807, 2.05) is 37.3 Å². The third-order valence-corrected chi connectivity index (χ3v) is 3.41. The minimum atomic E-state index is -0.545. The molecule has 0 bridgehead atoms. The van der Waals surface area contributed by atoms with Crippen LogP contribution in [0.3, 0.4) is 0 Å². The normalized spacial score (nSPS) is 11.7.